The van der Waals surface area contributed by atoms with Crippen LogP contribution < -0.4 is 10.1 Å². The van der Waals surface area contributed by atoms with Gasteiger partial charge >= 0.3 is 0 Å². The van der Waals surface area contributed by atoms with Crippen LogP contribution in [0, 0.1) is 24.0 Å². The lowest BCUT2D eigenvalue weighted by Gasteiger charge is -2.13. The molecule has 0 fully saturated rings. The van der Waals surface area contributed by atoms with Crippen molar-refractivity contribution < 1.29 is 13.3 Å². The largest absolute Gasteiger partial charge is 0.278 e. The Labute approximate surface area is 184 Å². The van der Waals surface area contributed by atoms with Crippen molar-refractivity contribution in [2.45, 2.75) is 18.7 Å². The van der Waals surface area contributed by atoms with Crippen molar-refractivity contribution in [2.75, 3.05) is 10.1 Å². The van der Waals surface area contributed by atoms with Gasteiger partial charge in [-0.25, -0.2) is 8.42 Å². The van der Waals surface area contributed by atoms with Crippen LogP contribution in [-0.4, -0.2) is 19.6 Å². The highest BCUT2D eigenvalue weighted by atomic mass is 35.5. The highest BCUT2D eigenvalue weighted by Gasteiger charge is 2.23. The molecule has 3 aromatic carbocycles. The normalized spacial score (nSPS) is 11.5. The second-order valence-electron chi connectivity index (χ2n) is 6.75. The average Bonchev–Trinajstić information content (AvgIpc) is 2.72. The van der Waals surface area contributed by atoms with Crippen LogP contribution in [-0.2, 0) is 10.0 Å². The van der Waals surface area contributed by atoms with E-state index in [4.69, 9.17) is 11.6 Å². The number of nitrogens with one attached hydrogen (secondary N) is 2. The van der Waals surface area contributed by atoms with E-state index in [9.17, 15) is 18.5 Å². The number of hydrazone groups is 1. The number of anilines is 2. The molecule has 0 aliphatic carbocycles. The van der Waals surface area contributed by atoms with Gasteiger partial charge in [0.1, 0.15) is 4.90 Å². The summed E-state index contributed by atoms with van der Waals surface area (Å²) >= 11 is 6.04. The van der Waals surface area contributed by atoms with Gasteiger partial charge < -0.3 is 0 Å². The number of para-hydroxylation sites is 1. The van der Waals surface area contributed by atoms with E-state index < -0.39 is 14.9 Å². The van der Waals surface area contributed by atoms with Crippen molar-refractivity contribution in [1.82, 2.24) is 0 Å². The maximum atomic E-state index is 13.0. The smallest absolute Gasteiger partial charge is 0.270 e. The Balaban J connectivity index is 1.97. The van der Waals surface area contributed by atoms with Gasteiger partial charge in [0.15, 0.2) is 0 Å². The minimum Gasteiger partial charge on any atom is -0.278 e. The molecule has 10 heteroatoms. The predicted octanol–water partition coefficient (Wildman–Crippen LogP) is 5.11. The van der Waals surface area contributed by atoms with Gasteiger partial charge in [-0.2, -0.15) is 5.10 Å². The van der Waals surface area contributed by atoms with E-state index in [1.807, 2.05) is 32.0 Å². The minimum atomic E-state index is -4.21. The average molecular weight is 459 g/mol. The summed E-state index contributed by atoms with van der Waals surface area (Å²) in [5.74, 6) is 0. The molecular formula is C21H19ClN4O4S. The van der Waals surface area contributed by atoms with Crippen LogP contribution in [0.2, 0.25) is 5.02 Å². The van der Waals surface area contributed by atoms with Crippen LogP contribution in [0.1, 0.15) is 16.7 Å². The van der Waals surface area contributed by atoms with Crippen LogP contribution in [0.4, 0.5) is 17.1 Å². The number of sulfonamides is 1. The fourth-order valence-corrected chi connectivity index (χ4v) is 4.25. The molecule has 0 bridgehead atoms. The maximum absolute atomic E-state index is 13.0. The first-order valence-corrected chi connectivity index (χ1v) is 11.0. The van der Waals surface area contributed by atoms with Crippen molar-refractivity contribution in [3.63, 3.8) is 0 Å². The number of hydrogen-bond acceptors (Lipinski definition) is 6. The number of nitro benzene ring substituents is 1. The van der Waals surface area contributed by atoms with E-state index in [2.05, 4.69) is 15.2 Å². The molecule has 0 aliphatic rings. The second kappa shape index (κ2) is 9.15. The first kappa shape index (κ1) is 22.3. The lowest BCUT2D eigenvalue weighted by molar-refractivity contribution is -0.385. The minimum absolute atomic E-state index is 0.0757. The molecule has 0 radical (unpaired) electrons. The number of benzene rings is 3. The predicted molar refractivity (Wildman–Crippen MR) is 122 cm³/mol. The Morgan fingerprint density at radius 3 is 2.48 bits per heavy atom. The summed E-state index contributed by atoms with van der Waals surface area (Å²) in [6, 6.07) is 15.6. The molecule has 0 saturated carbocycles. The lowest BCUT2D eigenvalue weighted by Crippen LogP contribution is -2.15. The number of halogens is 1. The fourth-order valence-electron chi connectivity index (χ4n) is 2.75. The zero-order valence-corrected chi connectivity index (χ0v) is 18.2. The summed E-state index contributed by atoms with van der Waals surface area (Å²) in [5, 5.41) is 15.5. The molecule has 0 aliphatic heterocycles. The van der Waals surface area contributed by atoms with Crippen molar-refractivity contribution in [3.8, 4) is 0 Å². The van der Waals surface area contributed by atoms with Gasteiger partial charge in [-0.15, -0.1) is 0 Å². The molecule has 0 aromatic heterocycles. The molecule has 0 heterocycles. The van der Waals surface area contributed by atoms with Crippen LogP contribution >= 0.6 is 11.6 Å². The van der Waals surface area contributed by atoms with Crippen LogP contribution in [0.3, 0.4) is 0 Å². The molecule has 3 aromatic rings. The third kappa shape index (κ3) is 5.39. The van der Waals surface area contributed by atoms with Crippen molar-refractivity contribution in [3.05, 3.63) is 92.5 Å². The molecule has 31 heavy (non-hydrogen) atoms. The lowest BCUT2D eigenvalue weighted by atomic mass is 10.1. The first-order chi connectivity index (χ1) is 14.7. The van der Waals surface area contributed by atoms with Crippen LogP contribution in [0.5, 0.6) is 0 Å². The van der Waals surface area contributed by atoms with Crippen LogP contribution in [0.15, 0.2) is 70.7 Å². The quantitative estimate of drug-likeness (QED) is 0.290. The molecule has 0 saturated heterocycles. The zero-order valence-electron chi connectivity index (χ0n) is 16.7. The van der Waals surface area contributed by atoms with E-state index in [0.717, 1.165) is 22.8 Å². The topological polar surface area (TPSA) is 114 Å². The van der Waals surface area contributed by atoms with E-state index in [1.165, 1.54) is 24.3 Å². The van der Waals surface area contributed by atoms with Gasteiger partial charge in [0.2, 0.25) is 0 Å². The maximum Gasteiger partial charge on any atom is 0.270 e. The third-order valence-electron chi connectivity index (χ3n) is 4.41. The Bertz CT molecular complexity index is 1280. The summed E-state index contributed by atoms with van der Waals surface area (Å²) in [6.45, 7) is 3.88. The molecule has 0 atom stereocenters. The standard InChI is InChI=1S/C21H19ClN4O4S/c1-14-7-8-15(2)16(11-14)13-23-24-20-10-9-17(26(27)28)12-21(20)31(29,30)25-19-6-4-3-5-18(19)22/h3-13,24-25H,1-2H3/b23-13-. The van der Waals surface area contributed by atoms with Gasteiger partial charge in [0, 0.05) is 12.1 Å². The van der Waals surface area contributed by atoms with Gasteiger partial charge in [0.25, 0.3) is 15.7 Å². The molecule has 160 valence electrons. The SMILES string of the molecule is Cc1ccc(C)c(/C=N\Nc2ccc([N+](=O)[O-])cc2S(=O)(=O)Nc2ccccc2Cl)c1. The summed E-state index contributed by atoms with van der Waals surface area (Å²) in [7, 11) is -4.21. The second-order valence-corrected chi connectivity index (χ2v) is 8.81. The molecule has 3 rings (SSSR count). The van der Waals surface area contributed by atoms with Gasteiger partial charge in [-0.05, 0) is 43.2 Å². The van der Waals surface area contributed by atoms with E-state index in [-0.39, 0.29) is 27.0 Å². The molecule has 2 N–H and O–H groups in total. The number of nitrogens with zero attached hydrogens (tertiary/aromatic N) is 2. The number of hydrogen-bond donors (Lipinski definition) is 2. The zero-order chi connectivity index (χ0) is 22.6. The first-order valence-electron chi connectivity index (χ1n) is 9.09. The number of non-ortho nitro benzene ring substituents is 1. The number of aryl methyl sites for hydroxylation is 2. The monoisotopic (exact) mass is 458 g/mol. The van der Waals surface area contributed by atoms with Gasteiger partial charge in [0.05, 0.1) is 27.5 Å². The highest BCUT2D eigenvalue weighted by Crippen LogP contribution is 2.30. The van der Waals surface area contributed by atoms with Gasteiger partial charge in [-0.1, -0.05) is 47.5 Å². The molecule has 8 nitrogen and oxygen atoms in total. The summed E-state index contributed by atoms with van der Waals surface area (Å²) in [4.78, 5) is 10.2. The molecular weight excluding hydrogens is 440 g/mol. The van der Waals surface area contributed by atoms with Crippen LogP contribution in [0.25, 0.3) is 0 Å². The Kier molecular flexibility index (Phi) is 6.57. The number of nitro groups is 1. The Hall–Kier alpha value is -3.43. The fraction of sp³-hybridized carbons (Fsp3) is 0.0952. The summed E-state index contributed by atoms with van der Waals surface area (Å²) < 4.78 is 28.4. The summed E-state index contributed by atoms with van der Waals surface area (Å²) in [6.07, 6.45) is 1.56. The third-order valence-corrected chi connectivity index (χ3v) is 6.14. The number of rotatable bonds is 7. The molecule has 0 amide bonds. The Morgan fingerprint density at radius 1 is 1.03 bits per heavy atom. The molecule has 0 unspecified atom stereocenters. The van der Waals surface area contributed by atoms with Crippen molar-refractivity contribution >= 4 is 44.9 Å². The summed E-state index contributed by atoms with van der Waals surface area (Å²) in [5.41, 5.74) is 5.43. The molecule has 0 spiro atoms. The van der Waals surface area contributed by atoms with Gasteiger partial charge in [-0.3, -0.25) is 20.3 Å². The Morgan fingerprint density at radius 2 is 1.77 bits per heavy atom. The van der Waals surface area contributed by atoms with Crippen molar-refractivity contribution in [1.29, 1.82) is 0 Å². The highest BCUT2D eigenvalue weighted by molar-refractivity contribution is 7.93. The van der Waals surface area contributed by atoms with E-state index in [0.29, 0.717) is 0 Å². The van der Waals surface area contributed by atoms with E-state index >= 15 is 0 Å². The van der Waals surface area contributed by atoms with Crippen molar-refractivity contribution in [2.24, 2.45) is 5.10 Å². The van der Waals surface area contributed by atoms with E-state index in [1.54, 1.807) is 18.3 Å².